The Balaban J connectivity index is 2.59. The lowest BCUT2D eigenvalue weighted by molar-refractivity contribution is 0.431. The molecule has 1 aliphatic carbocycles. The zero-order valence-corrected chi connectivity index (χ0v) is 10.7. The molecule has 0 radical (unpaired) electrons. The van der Waals surface area contributed by atoms with Crippen molar-refractivity contribution in [2.45, 2.75) is 45.4 Å². The molecular formula is C13H17Br. The van der Waals surface area contributed by atoms with Crippen LogP contribution in [-0.2, 0) is 11.8 Å². The van der Waals surface area contributed by atoms with Gasteiger partial charge in [0.2, 0.25) is 0 Å². The predicted octanol–water partition coefficient (Wildman–Crippen LogP) is 4.37. The van der Waals surface area contributed by atoms with E-state index in [1.807, 2.05) is 0 Å². The third kappa shape index (κ3) is 1.63. The zero-order valence-electron chi connectivity index (χ0n) is 9.15. The molecule has 0 unspecified atom stereocenters. The maximum atomic E-state index is 3.61. The number of hydrogen-bond donors (Lipinski definition) is 0. The highest BCUT2D eigenvalue weighted by Gasteiger charge is 2.27. The molecule has 0 heterocycles. The molecule has 1 aromatic rings. The SMILES string of the molecule is Cc1cc2c(cc1Br)CCCC2(C)C. The summed E-state index contributed by atoms with van der Waals surface area (Å²) in [5.74, 6) is 0. The van der Waals surface area contributed by atoms with Gasteiger partial charge in [0.05, 0.1) is 0 Å². The average molecular weight is 253 g/mol. The Labute approximate surface area is 94.8 Å². The maximum Gasteiger partial charge on any atom is 0.0207 e. The Morgan fingerprint density at radius 1 is 1.29 bits per heavy atom. The second kappa shape index (κ2) is 3.37. The van der Waals surface area contributed by atoms with E-state index in [4.69, 9.17) is 0 Å². The molecule has 76 valence electrons. The van der Waals surface area contributed by atoms with Crippen LogP contribution in [-0.4, -0.2) is 0 Å². The summed E-state index contributed by atoms with van der Waals surface area (Å²) in [4.78, 5) is 0. The molecule has 0 fully saturated rings. The van der Waals surface area contributed by atoms with Crippen molar-refractivity contribution in [3.63, 3.8) is 0 Å². The van der Waals surface area contributed by atoms with Crippen LogP contribution < -0.4 is 0 Å². The molecule has 0 amide bonds. The molecule has 0 nitrogen and oxygen atoms in total. The van der Waals surface area contributed by atoms with Gasteiger partial charge in [-0.15, -0.1) is 0 Å². The fourth-order valence-corrected chi connectivity index (χ4v) is 2.81. The summed E-state index contributed by atoms with van der Waals surface area (Å²) >= 11 is 3.61. The molecule has 0 saturated heterocycles. The fourth-order valence-electron chi connectivity index (χ4n) is 2.42. The highest BCUT2D eigenvalue weighted by molar-refractivity contribution is 9.10. The van der Waals surface area contributed by atoms with Gasteiger partial charge >= 0.3 is 0 Å². The Kier molecular flexibility index (Phi) is 2.46. The lowest BCUT2D eigenvalue weighted by Gasteiger charge is -2.33. The first-order chi connectivity index (χ1) is 6.50. The smallest absolute Gasteiger partial charge is 0.0207 e. The summed E-state index contributed by atoms with van der Waals surface area (Å²) in [7, 11) is 0. The lowest BCUT2D eigenvalue weighted by Crippen LogP contribution is -2.23. The van der Waals surface area contributed by atoms with E-state index in [1.54, 1.807) is 11.1 Å². The summed E-state index contributed by atoms with van der Waals surface area (Å²) in [5.41, 5.74) is 4.83. The molecule has 0 spiro atoms. The quantitative estimate of drug-likeness (QED) is 0.644. The fraction of sp³-hybridized carbons (Fsp3) is 0.538. The van der Waals surface area contributed by atoms with Crippen molar-refractivity contribution in [1.29, 1.82) is 0 Å². The molecule has 14 heavy (non-hydrogen) atoms. The monoisotopic (exact) mass is 252 g/mol. The number of halogens is 1. The summed E-state index contributed by atoms with van der Waals surface area (Å²) in [6.45, 7) is 6.89. The summed E-state index contributed by atoms with van der Waals surface area (Å²) in [5, 5.41) is 0. The molecule has 2 rings (SSSR count). The molecule has 0 aliphatic heterocycles. The van der Waals surface area contributed by atoms with E-state index in [1.165, 1.54) is 29.3 Å². The molecule has 1 aromatic carbocycles. The Morgan fingerprint density at radius 2 is 2.00 bits per heavy atom. The largest absolute Gasteiger partial charge is 0.0558 e. The Bertz CT molecular complexity index is 364. The van der Waals surface area contributed by atoms with Crippen molar-refractivity contribution in [3.05, 3.63) is 33.3 Å². The minimum atomic E-state index is 0.374. The highest BCUT2D eigenvalue weighted by atomic mass is 79.9. The number of rotatable bonds is 0. The number of hydrogen-bond acceptors (Lipinski definition) is 0. The molecule has 0 bridgehead atoms. The van der Waals surface area contributed by atoms with Gasteiger partial charge in [0.15, 0.2) is 0 Å². The first-order valence-electron chi connectivity index (χ1n) is 5.30. The van der Waals surface area contributed by atoms with Crippen molar-refractivity contribution in [3.8, 4) is 0 Å². The highest BCUT2D eigenvalue weighted by Crippen LogP contribution is 2.38. The van der Waals surface area contributed by atoms with Gasteiger partial charge in [-0.25, -0.2) is 0 Å². The van der Waals surface area contributed by atoms with E-state index < -0.39 is 0 Å². The zero-order chi connectivity index (χ0) is 10.3. The molecule has 0 N–H and O–H groups in total. The van der Waals surface area contributed by atoms with E-state index in [0.717, 1.165) is 0 Å². The van der Waals surface area contributed by atoms with Gasteiger partial charge in [0.1, 0.15) is 0 Å². The van der Waals surface area contributed by atoms with Crippen LogP contribution in [0.25, 0.3) is 0 Å². The van der Waals surface area contributed by atoms with Crippen molar-refractivity contribution in [2.75, 3.05) is 0 Å². The van der Waals surface area contributed by atoms with Crippen molar-refractivity contribution in [1.82, 2.24) is 0 Å². The first kappa shape index (κ1) is 10.2. The van der Waals surface area contributed by atoms with Crippen LogP contribution in [0.2, 0.25) is 0 Å². The number of fused-ring (bicyclic) bond motifs is 1. The van der Waals surface area contributed by atoms with Gasteiger partial charge in [-0.1, -0.05) is 35.8 Å². The second-order valence-electron chi connectivity index (χ2n) is 5.00. The molecule has 0 aromatic heterocycles. The molecule has 0 atom stereocenters. The van der Waals surface area contributed by atoms with E-state index in [2.05, 4.69) is 48.8 Å². The molecule has 0 saturated carbocycles. The standard InChI is InChI=1S/C13H17Br/c1-9-7-11-10(8-12(9)14)5-4-6-13(11,2)3/h7-8H,4-6H2,1-3H3. The van der Waals surface area contributed by atoms with Crippen LogP contribution in [0.3, 0.4) is 0 Å². The molecule has 1 aliphatic rings. The summed E-state index contributed by atoms with van der Waals surface area (Å²) in [6, 6.07) is 4.67. The number of aryl methyl sites for hydroxylation is 2. The third-order valence-electron chi connectivity index (χ3n) is 3.36. The van der Waals surface area contributed by atoms with Crippen LogP contribution in [0.5, 0.6) is 0 Å². The van der Waals surface area contributed by atoms with Crippen LogP contribution in [0.1, 0.15) is 43.4 Å². The second-order valence-corrected chi connectivity index (χ2v) is 5.85. The van der Waals surface area contributed by atoms with Crippen LogP contribution in [0.4, 0.5) is 0 Å². The van der Waals surface area contributed by atoms with Gasteiger partial charge in [-0.3, -0.25) is 0 Å². The minimum Gasteiger partial charge on any atom is -0.0558 e. The van der Waals surface area contributed by atoms with Gasteiger partial charge in [0.25, 0.3) is 0 Å². The van der Waals surface area contributed by atoms with Crippen LogP contribution >= 0.6 is 15.9 Å². The van der Waals surface area contributed by atoms with Crippen molar-refractivity contribution < 1.29 is 0 Å². The number of benzene rings is 1. The van der Waals surface area contributed by atoms with E-state index in [9.17, 15) is 0 Å². The Hall–Kier alpha value is -0.300. The summed E-state index contributed by atoms with van der Waals surface area (Å²) < 4.78 is 1.26. The van der Waals surface area contributed by atoms with Crippen LogP contribution in [0, 0.1) is 6.92 Å². The topological polar surface area (TPSA) is 0 Å². The maximum absolute atomic E-state index is 3.61. The van der Waals surface area contributed by atoms with Crippen molar-refractivity contribution in [2.24, 2.45) is 0 Å². The van der Waals surface area contributed by atoms with E-state index in [0.29, 0.717) is 5.41 Å². The molecule has 1 heteroatoms. The van der Waals surface area contributed by atoms with Gasteiger partial charge in [-0.2, -0.15) is 0 Å². The Morgan fingerprint density at radius 3 is 2.71 bits per heavy atom. The minimum absolute atomic E-state index is 0.374. The van der Waals surface area contributed by atoms with Crippen molar-refractivity contribution >= 4 is 15.9 Å². The van der Waals surface area contributed by atoms with Gasteiger partial charge in [0, 0.05) is 4.47 Å². The normalized spacial score (nSPS) is 19.1. The lowest BCUT2D eigenvalue weighted by atomic mass is 9.72. The first-order valence-corrected chi connectivity index (χ1v) is 6.09. The van der Waals surface area contributed by atoms with Gasteiger partial charge < -0.3 is 0 Å². The third-order valence-corrected chi connectivity index (χ3v) is 4.22. The van der Waals surface area contributed by atoms with E-state index in [-0.39, 0.29) is 0 Å². The van der Waals surface area contributed by atoms with Crippen LogP contribution in [0.15, 0.2) is 16.6 Å². The predicted molar refractivity (Wildman–Crippen MR) is 64.8 cm³/mol. The van der Waals surface area contributed by atoms with Gasteiger partial charge in [-0.05, 0) is 54.4 Å². The molecular weight excluding hydrogens is 236 g/mol. The van der Waals surface area contributed by atoms with E-state index >= 15 is 0 Å². The average Bonchev–Trinajstić information content (AvgIpc) is 2.08. The summed E-state index contributed by atoms with van der Waals surface area (Å²) in [6.07, 6.45) is 3.90.